The molecule has 0 radical (unpaired) electrons. The molecule has 14 heavy (non-hydrogen) atoms. The summed E-state index contributed by atoms with van der Waals surface area (Å²) in [4.78, 5) is 2.58. The van der Waals surface area contributed by atoms with Crippen molar-refractivity contribution in [3.63, 3.8) is 0 Å². The van der Waals surface area contributed by atoms with Gasteiger partial charge in [0.15, 0.2) is 0 Å². The van der Waals surface area contributed by atoms with Gasteiger partial charge in [-0.25, -0.2) is 0 Å². The second kappa shape index (κ2) is 5.10. The number of hydrogen-bond donors (Lipinski definition) is 1. The van der Waals surface area contributed by atoms with E-state index in [4.69, 9.17) is 4.74 Å². The lowest BCUT2D eigenvalue weighted by Gasteiger charge is -2.34. The molecule has 2 fully saturated rings. The zero-order valence-corrected chi connectivity index (χ0v) is 9.17. The van der Waals surface area contributed by atoms with Gasteiger partial charge in [-0.05, 0) is 26.2 Å². The van der Waals surface area contributed by atoms with Gasteiger partial charge in [0.2, 0.25) is 0 Å². The molecular weight excluding hydrogens is 176 g/mol. The van der Waals surface area contributed by atoms with Crippen LogP contribution < -0.4 is 5.32 Å². The van der Waals surface area contributed by atoms with E-state index in [-0.39, 0.29) is 0 Å². The first-order valence-electron chi connectivity index (χ1n) is 5.92. The summed E-state index contributed by atoms with van der Waals surface area (Å²) < 4.78 is 5.64. The van der Waals surface area contributed by atoms with Crippen LogP contribution in [0, 0.1) is 0 Å². The summed E-state index contributed by atoms with van der Waals surface area (Å²) in [6.45, 7) is 8.01. The topological polar surface area (TPSA) is 24.5 Å². The van der Waals surface area contributed by atoms with Crippen LogP contribution in [0.1, 0.15) is 26.2 Å². The fourth-order valence-corrected chi connectivity index (χ4v) is 2.40. The highest BCUT2D eigenvalue weighted by atomic mass is 16.5. The van der Waals surface area contributed by atoms with Crippen molar-refractivity contribution in [1.29, 1.82) is 0 Å². The van der Waals surface area contributed by atoms with Gasteiger partial charge in [-0.2, -0.15) is 0 Å². The predicted octanol–water partition coefficient (Wildman–Crippen LogP) is 0.849. The van der Waals surface area contributed by atoms with Gasteiger partial charge in [0.05, 0.1) is 6.10 Å². The van der Waals surface area contributed by atoms with Gasteiger partial charge < -0.3 is 10.1 Å². The Kier molecular flexibility index (Phi) is 3.79. The minimum atomic E-state index is 0.553. The average molecular weight is 198 g/mol. The molecule has 3 heteroatoms. The van der Waals surface area contributed by atoms with Crippen LogP contribution in [0.2, 0.25) is 0 Å². The lowest BCUT2D eigenvalue weighted by molar-refractivity contribution is 0.0811. The third kappa shape index (κ3) is 2.69. The Morgan fingerprint density at radius 1 is 1.50 bits per heavy atom. The van der Waals surface area contributed by atoms with E-state index < -0.39 is 0 Å². The molecule has 1 N–H and O–H groups in total. The molecule has 0 aromatic heterocycles. The van der Waals surface area contributed by atoms with Crippen LogP contribution in [0.25, 0.3) is 0 Å². The van der Waals surface area contributed by atoms with Crippen molar-refractivity contribution >= 4 is 0 Å². The minimum Gasteiger partial charge on any atom is -0.378 e. The average Bonchev–Trinajstić information content (AvgIpc) is 2.69. The largest absolute Gasteiger partial charge is 0.378 e. The molecule has 2 saturated heterocycles. The number of nitrogens with one attached hydrogen (secondary N) is 1. The Morgan fingerprint density at radius 2 is 2.43 bits per heavy atom. The van der Waals surface area contributed by atoms with E-state index in [1.165, 1.54) is 32.4 Å². The summed E-state index contributed by atoms with van der Waals surface area (Å²) in [6, 6.07) is 0.699. The molecule has 2 aliphatic rings. The SMILES string of the molecule is C[C@@H]1CNCCN1CCC1CCCO1. The van der Waals surface area contributed by atoms with Crippen molar-refractivity contribution in [2.75, 3.05) is 32.8 Å². The fraction of sp³-hybridized carbons (Fsp3) is 1.00. The van der Waals surface area contributed by atoms with E-state index in [1.54, 1.807) is 0 Å². The van der Waals surface area contributed by atoms with Gasteiger partial charge in [-0.3, -0.25) is 4.90 Å². The van der Waals surface area contributed by atoms with Gasteiger partial charge >= 0.3 is 0 Å². The van der Waals surface area contributed by atoms with E-state index in [0.717, 1.165) is 19.7 Å². The Bertz CT molecular complexity index is 169. The molecule has 2 aliphatic heterocycles. The van der Waals surface area contributed by atoms with Crippen LogP contribution in [0.5, 0.6) is 0 Å². The highest BCUT2D eigenvalue weighted by molar-refractivity contribution is 4.77. The molecule has 0 aromatic carbocycles. The van der Waals surface area contributed by atoms with Crippen LogP contribution >= 0.6 is 0 Å². The summed E-state index contributed by atoms with van der Waals surface area (Å²) in [5, 5.41) is 3.42. The number of piperazine rings is 1. The lowest BCUT2D eigenvalue weighted by atomic mass is 10.1. The lowest BCUT2D eigenvalue weighted by Crippen LogP contribution is -2.50. The number of ether oxygens (including phenoxy) is 1. The van der Waals surface area contributed by atoms with E-state index in [1.807, 2.05) is 0 Å². The van der Waals surface area contributed by atoms with Crippen molar-refractivity contribution < 1.29 is 4.74 Å². The first kappa shape index (κ1) is 10.4. The first-order valence-corrected chi connectivity index (χ1v) is 5.92. The fourth-order valence-electron chi connectivity index (χ4n) is 2.40. The summed E-state index contributed by atoms with van der Waals surface area (Å²) in [7, 11) is 0. The van der Waals surface area contributed by atoms with Crippen LogP contribution in [-0.2, 0) is 4.74 Å². The normalized spacial score (nSPS) is 34.9. The third-order valence-corrected chi connectivity index (χ3v) is 3.40. The van der Waals surface area contributed by atoms with Crippen molar-refractivity contribution in [2.45, 2.75) is 38.3 Å². The monoisotopic (exact) mass is 198 g/mol. The predicted molar refractivity (Wildman–Crippen MR) is 57.5 cm³/mol. The molecule has 2 rings (SSSR count). The Balaban J connectivity index is 1.67. The Morgan fingerprint density at radius 3 is 3.14 bits per heavy atom. The smallest absolute Gasteiger partial charge is 0.0588 e. The molecule has 0 saturated carbocycles. The molecule has 2 heterocycles. The zero-order chi connectivity index (χ0) is 9.80. The summed E-state index contributed by atoms with van der Waals surface area (Å²) in [6.07, 6.45) is 4.32. The minimum absolute atomic E-state index is 0.553. The second-order valence-corrected chi connectivity index (χ2v) is 4.51. The van der Waals surface area contributed by atoms with Gasteiger partial charge in [0, 0.05) is 38.8 Å². The van der Waals surface area contributed by atoms with Crippen LogP contribution in [-0.4, -0.2) is 49.8 Å². The quantitative estimate of drug-likeness (QED) is 0.727. The van der Waals surface area contributed by atoms with E-state index >= 15 is 0 Å². The molecule has 0 aliphatic carbocycles. The zero-order valence-electron chi connectivity index (χ0n) is 9.17. The Hall–Kier alpha value is -0.120. The van der Waals surface area contributed by atoms with E-state index in [0.29, 0.717) is 12.1 Å². The molecular formula is C11H22N2O. The van der Waals surface area contributed by atoms with Crippen LogP contribution in [0.4, 0.5) is 0 Å². The molecule has 1 unspecified atom stereocenters. The second-order valence-electron chi connectivity index (χ2n) is 4.51. The van der Waals surface area contributed by atoms with Gasteiger partial charge in [-0.1, -0.05) is 0 Å². The van der Waals surface area contributed by atoms with Crippen molar-refractivity contribution in [2.24, 2.45) is 0 Å². The number of rotatable bonds is 3. The molecule has 0 aromatic rings. The molecule has 2 atom stereocenters. The van der Waals surface area contributed by atoms with Crippen molar-refractivity contribution in [1.82, 2.24) is 10.2 Å². The maximum Gasteiger partial charge on any atom is 0.0588 e. The van der Waals surface area contributed by atoms with Crippen LogP contribution in [0.15, 0.2) is 0 Å². The first-order chi connectivity index (χ1) is 6.86. The maximum absolute atomic E-state index is 5.64. The van der Waals surface area contributed by atoms with E-state index in [9.17, 15) is 0 Å². The standard InChI is InChI=1S/C11H22N2O/c1-10-9-12-5-7-13(10)6-4-11-3-2-8-14-11/h10-12H,2-9H2,1H3/t10-,11?/m1/s1. The van der Waals surface area contributed by atoms with Crippen LogP contribution in [0.3, 0.4) is 0 Å². The summed E-state index contributed by atoms with van der Waals surface area (Å²) in [5.74, 6) is 0. The van der Waals surface area contributed by atoms with Gasteiger partial charge in [0.25, 0.3) is 0 Å². The Labute approximate surface area is 86.8 Å². The maximum atomic E-state index is 5.64. The van der Waals surface area contributed by atoms with Crippen molar-refractivity contribution in [3.8, 4) is 0 Å². The number of hydrogen-bond acceptors (Lipinski definition) is 3. The molecule has 0 bridgehead atoms. The van der Waals surface area contributed by atoms with E-state index in [2.05, 4.69) is 17.1 Å². The molecule has 0 spiro atoms. The molecule has 3 nitrogen and oxygen atoms in total. The van der Waals surface area contributed by atoms with Gasteiger partial charge in [0.1, 0.15) is 0 Å². The highest BCUT2D eigenvalue weighted by Gasteiger charge is 2.20. The molecule has 82 valence electrons. The highest BCUT2D eigenvalue weighted by Crippen LogP contribution is 2.16. The summed E-state index contributed by atoms with van der Waals surface area (Å²) >= 11 is 0. The third-order valence-electron chi connectivity index (χ3n) is 3.40. The van der Waals surface area contributed by atoms with Gasteiger partial charge in [-0.15, -0.1) is 0 Å². The molecule has 0 amide bonds. The number of nitrogens with zero attached hydrogens (tertiary/aromatic N) is 1. The summed E-state index contributed by atoms with van der Waals surface area (Å²) in [5.41, 5.74) is 0. The van der Waals surface area contributed by atoms with Crippen molar-refractivity contribution in [3.05, 3.63) is 0 Å².